The number of aliphatic hydroxyl groups is 1. The predicted molar refractivity (Wildman–Crippen MR) is 58.1 cm³/mol. The molecule has 0 saturated heterocycles. The van der Waals surface area contributed by atoms with E-state index in [1.807, 2.05) is 25.6 Å². The molecule has 2 nitrogen and oxygen atoms in total. The van der Waals surface area contributed by atoms with Gasteiger partial charge in [-0.2, -0.15) is 0 Å². The van der Waals surface area contributed by atoms with E-state index >= 15 is 0 Å². The Bertz CT molecular complexity index is 174. The largest absolute Gasteiger partial charge is 0.390 e. The minimum atomic E-state index is -0.531. The second-order valence-corrected chi connectivity index (χ2v) is 5.83. The molecule has 1 N–H and O–H groups in total. The highest BCUT2D eigenvalue weighted by atomic mass is 32.2. The third-order valence-electron chi connectivity index (χ3n) is 1.50. The number of hydrogen-bond donors (Lipinski definition) is 1. The van der Waals surface area contributed by atoms with E-state index in [4.69, 9.17) is 0 Å². The van der Waals surface area contributed by atoms with E-state index in [0.29, 0.717) is 0 Å². The van der Waals surface area contributed by atoms with E-state index in [1.54, 1.807) is 11.8 Å². The van der Waals surface area contributed by atoms with E-state index in [-0.39, 0.29) is 0 Å². The lowest BCUT2D eigenvalue weighted by Crippen LogP contribution is -2.19. The molecule has 0 radical (unpaired) electrons. The molecule has 12 heavy (non-hydrogen) atoms. The molecule has 1 heterocycles. The van der Waals surface area contributed by atoms with Crippen molar-refractivity contribution in [3.05, 3.63) is 0 Å². The lowest BCUT2D eigenvalue weighted by atomic mass is 10.1. The molecule has 0 aliphatic carbocycles. The Morgan fingerprint density at radius 2 is 2.42 bits per heavy atom. The maximum atomic E-state index is 9.43. The predicted octanol–water partition coefficient (Wildman–Crippen LogP) is 1.98. The zero-order valence-electron chi connectivity index (χ0n) is 7.54. The first-order chi connectivity index (χ1) is 5.58. The van der Waals surface area contributed by atoms with E-state index in [0.717, 1.165) is 24.5 Å². The van der Waals surface area contributed by atoms with Crippen molar-refractivity contribution in [2.45, 2.75) is 25.9 Å². The summed E-state index contributed by atoms with van der Waals surface area (Å²) in [5, 5.41) is 9.43. The molecular formula is C8H15NOS2. The summed E-state index contributed by atoms with van der Waals surface area (Å²) in [5.41, 5.74) is -0.531. The average molecular weight is 205 g/mol. The normalized spacial score (nSPS) is 18.1. The first kappa shape index (κ1) is 10.4. The minimum absolute atomic E-state index is 0.531. The Morgan fingerprint density at radius 3 is 2.92 bits per heavy atom. The van der Waals surface area contributed by atoms with E-state index in [1.165, 1.54) is 4.38 Å². The Kier molecular flexibility index (Phi) is 3.93. The summed E-state index contributed by atoms with van der Waals surface area (Å²) in [4.78, 5) is 4.32. The molecule has 4 heteroatoms. The van der Waals surface area contributed by atoms with Crippen LogP contribution in [0, 0.1) is 0 Å². The van der Waals surface area contributed by atoms with Gasteiger partial charge in [-0.15, -0.1) is 0 Å². The number of thioether (sulfide) groups is 2. The lowest BCUT2D eigenvalue weighted by Gasteiger charge is -2.15. The van der Waals surface area contributed by atoms with E-state index in [2.05, 4.69) is 4.99 Å². The highest BCUT2D eigenvalue weighted by Crippen LogP contribution is 2.24. The highest BCUT2D eigenvalue weighted by molar-refractivity contribution is 8.39. The molecule has 0 amide bonds. The van der Waals surface area contributed by atoms with Crippen molar-refractivity contribution in [1.82, 2.24) is 0 Å². The maximum absolute atomic E-state index is 9.43. The zero-order valence-corrected chi connectivity index (χ0v) is 9.17. The quantitative estimate of drug-likeness (QED) is 0.764. The smallest absolute Gasteiger partial charge is 0.124 e. The van der Waals surface area contributed by atoms with Gasteiger partial charge in [0.25, 0.3) is 0 Å². The molecule has 1 aliphatic heterocycles. The van der Waals surface area contributed by atoms with Crippen molar-refractivity contribution >= 4 is 27.9 Å². The zero-order chi connectivity index (χ0) is 9.03. The Labute approximate surface area is 82.2 Å². The molecule has 0 fully saturated rings. The van der Waals surface area contributed by atoms with Gasteiger partial charge in [0.2, 0.25) is 0 Å². The summed E-state index contributed by atoms with van der Waals surface area (Å²) in [6, 6.07) is 0. The second-order valence-electron chi connectivity index (χ2n) is 3.41. The first-order valence-corrected chi connectivity index (χ1v) is 6.07. The van der Waals surface area contributed by atoms with Gasteiger partial charge in [0, 0.05) is 11.5 Å². The van der Waals surface area contributed by atoms with Gasteiger partial charge >= 0.3 is 0 Å². The minimum Gasteiger partial charge on any atom is -0.390 e. The van der Waals surface area contributed by atoms with Crippen molar-refractivity contribution in [2.24, 2.45) is 4.99 Å². The van der Waals surface area contributed by atoms with Crippen molar-refractivity contribution in [1.29, 1.82) is 0 Å². The number of nitrogens with zero attached hydrogens (tertiary/aromatic N) is 1. The molecule has 1 rings (SSSR count). The molecule has 0 atom stereocenters. The van der Waals surface area contributed by atoms with Crippen LogP contribution in [0.2, 0.25) is 0 Å². The Balaban J connectivity index is 2.10. The maximum Gasteiger partial charge on any atom is 0.124 e. The van der Waals surface area contributed by atoms with Gasteiger partial charge in [-0.05, 0) is 20.3 Å². The highest BCUT2D eigenvalue weighted by Gasteiger charge is 2.13. The third-order valence-corrected chi connectivity index (χ3v) is 3.75. The van der Waals surface area contributed by atoms with Crippen LogP contribution in [-0.2, 0) is 0 Å². The van der Waals surface area contributed by atoms with Crippen LogP contribution >= 0.6 is 23.5 Å². The molecule has 1 aliphatic rings. The Hall–Kier alpha value is 0.330. The van der Waals surface area contributed by atoms with Crippen LogP contribution in [0.15, 0.2) is 4.99 Å². The summed E-state index contributed by atoms with van der Waals surface area (Å²) in [5.74, 6) is 2.10. The van der Waals surface area contributed by atoms with Gasteiger partial charge in [0.05, 0.1) is 12.1 Å². The summed E-state index contributed by atoms with van der Waals surface area (Å²) in [6.07, 6.45) is 0.831. The van der Waals surface area contributed by atoms with Gasteiger partial charge in [-0.25, -0.2) is 0 Å². The summed E-state index contributed by atoms with van der Waals surface area (Å²) in [7, 11) is 0. The van der Waals surface area contributed by atoms with Crippen LogP contribution in [0.3, 0.4) is 0 Å². The fourth-order valence-electron chi connectivity index (χ4n) is 0.791. The van der Waals surface area contributed by atoms with Crippen LogP contribution in [-0.4, -0.2) is 33.1 Å². The summed E-state index contributed by atoms with van der Waals surface area (Å²) in [6.45, 7) is 4.66. The number of aliphatic imine (C=N–C) groups is 1. The van der Waals surface area contributed by atoms with Gasteiger partial charge in [0.15, 0.2) is 0 Å². The molecule has 0 aromatic rings. The standard InChI is InChI=1S/C8H15NOS2/c1-8(2,10)3-5-11-7-9-4-6-12-7/h10H,3-6H2,1-2H3. The second kappa shape index (κ2) is 4.53. The first-order valence-electron chi connectivity index (χ1n) is 4.10. The molecule has 0 aromatic heterocycles. The van der Waals surface area contributed by atoms with Crippen molar-refractivity contribution in [2.75, 3.05) is 18.1 Å². The third kappa shape index (κ3) is 4.38. The molecule has 0 bridgehead atoms. The lowest BCUT2D eigenvalue weighted by molar-refractivity contribution is 0.0778. The fourth-order valence-corrected chi connectivity index (χ4v) is 3.12. The van der Waals surface area contributed by atoms with Crippen molar-refractivity contribution in [3.63, 3.8) is 0 Å². The van der Waals surface area contributed by atoms with Crippen LogP contribution in [0.1, 0.15) is 20.3 Å². The van der Waals surface area contributed by atoms with Crippen molar-refractivity contribution in [3.8, 4) is 0 Å². The van der Waals surface area contributed by atoms with Crippen LogP contribution in [0.4, 0.5) is 0 Å². The molecule has 0 aromatic carbocycles. The van der Waals surface area contributed by atoms with E-state index in [9.17, 15) is 5.11 Å². The molecule has 0 saturated carbocycles. The van der Waals surface area contributed by atoms with Gasteiger partial charge < -0.3 is 5.11 Å². The monoisotopic (exact) mass is 205 g/mol. The SMILES string of the molecule is CC(C)(O)CCSC1=NCCS1. The van der Waals surface area contributed by atoms with Crippen LogP contribution < -0.4 is 0 Å². The molecule has 0 unspecified atom stereocenters. The van der Waals surface area contributed by atoms with Gasteiger partial charge in [-0.3, -0.25) is 4.99 Å². The van der Waals surface area contributed by atoms with Gasteiger partial charge in [0.1, 0.15) is 4.38 Å². The van der Waals surface area contributed by atoms with E-state index < -0.39 is 5.60 Å². The summed E-state index contributed by atoms with van der Waals surface area (Å²) < 4.78 is 1.19. The van der Waals surface area contributed by atoms with Crippen molar-refractivity contribution < 1.29 is 5.11 Å². The topological polar surface area (TPSA) is 32.6 Å². The molecule has 0 spiro atoms. The molecular weight excluding hydrogens is 190 g/mol. The number of hydrogen-bond acceptors (Lipinski definition) is 4. The Morgan fingerprint density at radius 1 is 1.67 bits per heavy atom. The van der Waals surface area contributed by atoms with Crippen LogP contribution in [0.5, 0.6) is 0 Å². The average Bonchev–Trinajstić information content (AvgIpc) is 2.36. The number of rotatable bonds is 3. The van der Waals surface area contributed by atoms with Crippen LogP contribution in [0.25, 0.3) is 0 Å². The molecule has 70 valence electrons. The van der Waals surface area contributed by atoms with Gasteiger partial charge in [-0.1, -0.05) is 23.5 Å². The fraction of sp³-hybridized carbons (Fsp3) is 0.875. The summed E-state index contributed by atoms with van der Waals surface area (Å²) >= 11 is 3.59.